The fourth-order valence-corrected chi connectivity index (χ4v) is 3.42. The zero-order chi connectivity index (χ0) is 14.0. The van der Waals surface area contributed by atoms with Crippen LogP contribution in [0.5, 0.6) is 0 Å². The summed E-state index contributed by atoms with van der Waals surface area (Å²) >= 11 is 7.17. The van der Waals surface area contributed by atoms with E-state index < -0.39 is 0 Å². The molecule has 0 saturated carbocycles. The molecule has 3 heteroatoms. The summed E-state index contributed by atoms with van der Waals surface area (Å²) in [7, 11) is 0. The van der Waals surface area contributed by atoms with Gasteiger partial charge in [-0.1, -0.05) is 35.4 Å². The third-order valence-corrected chi connectivity index (χ3v) is 4.39. The van der Waals surface area contributed by atoms with E-state index in [1.807, 2.05) is 18.2 Å². The Hall–Kier alpha value is -0.800. The zero-order valence-corrected chi connectivity index (χ0v) is 14.5. The molecule has 1 N–H and O–H groups in total. The van der Waals surface area contributed by atoms with Crippen LogP contribution in [-0.4, -0.2) is 0 Å². The van der Waals surface area contributed by atoms with Crippen molar-refractivity contribution in [3.8, 4) is 0 Å². The number of anilines is 1. The fraction of sp³-hybridized carbons (Fsp3) is 0.250. The van der Waals surface area contributed by atoms with Crippen LogP contribution < -0.4 is 5.32 Å². The van der Waals surface area contributed by atoms with Gasteiger partial charge in [-0.15, -0.1) is 0 Å². The van der Waals surface area contributed by atoms with Crippen molar-refractivity contribution in [3.05, 3.63) is 62.0 Å². The fourth-order valence-electron chi connectivity index (χ4n) is 2.20. The molecule has 2 rings (SSSR count). The number of hydrogen-bond acceptors (Lipinski definition) is 1. The van der Waals surface area contributed by atoms with Gasteiger partial charge in [-0.25, -0.2) is 0 Å². The second-order valence-corrected chi connectivity index (χ2v) is 6.59. The van der Waals surface area contributed by atoms with E-state index in [1.165, 1.54) is 16.7 Å². The van der Waals surface area contributed by atoms with E-state index in [0.717, 1.165) is 14.6 Å². The topological polar surface area (TPSA) is 12.0 Å². The van der Waals surface area contributed by atoms with Crippen LogP contribution in [-0.2, 0) is 0 Å². The molecular weight excluding hydrogens is 366 g/mol. The number of benzene rings is 2. The van der Waals surface area contributed by atoms with Crippen LogP contribution in [0.25, 0.3) is 0 Å². The Bertz CT molecular complexity index is 553. The van der Waals surface area contributed by atoms with Crippen molar-refractivity contribution in [1.82, 2.24) is 0 Å². The summed E-state index contributed by atoms with van der Waals surface area (Å²) in [6, 6.07) is 13.0. The van der Waals surface area contributed by atoms with Gasteiger partial charge in [0.2, 0.25) is 0 Å². The van der Waals surface area contributed by atoms with Crippen LogP contribution in [0.4, 0.5) is 5.69 Å². The monoisotopic (exact) mass is 381 g/mol. The van der Waals surface area contributed by atoms with E-state index in [4.69, 9.17) is 0 Å². The molecule has 2 aromatic carbocycles. The maximum atomic E-state index is 3.58. The minimum atomic E-state index is 0.258. The lowest BCUT2D eigenvalue weighted by atomic mass is 10.0. The highest BCUT2D eigenvalue weighted by molar-refractivity contribution is 9.11. The highest BCUT2D eigenvalue weighted by Gasteiger charge is 2.10. The van der Waals surface area contributed by atoms with Gasteiger partial charge < -0.3 is 5.32 Å². The summed E-state index contributed by atoms with van der Waals surface area (Å²) in [5, 5.41) is 3.56. The Morgan fingerprint density at radius 3 is 2.00 bits per heavy atom. The lowest BCUT2D eigenvalue weighted by Gasteiger charge is -2.19. The Kier molecular flexibility index (Phi) is 4.69. The third kappa shape index (κ3) is 3.61. The van der Waals surface area contributed by atoms with Crippen LogP contribution in [0, 0.1) is 13.8 Å². The van der Waals surface area contributed by atoms with Crippen LogP contribution in [0.3, 0.4) is 0 Å². The van der Waals surface area contributed by atoms with Crippen LogP contribution in [0.1, 0.15) is 29.7 Å². The number of hydrogen-bond donors (Lipinski definition) is 1. The van der Waals surface area contributed by atoms with Gasteiger partial charge in [0.15, 0.2) is 0 Å². The molecule has 0 bridgehead atoms. The highest BCUT2D eigenvalue weighted by Crippen LogP contribution is 2.33. The Morgan fingerprint density at radius 2 is 1.47 bits per heavy atom. The van der Waals surface area contributed by atoms with Gasteiger partial charge in [-0.05, 0) is 70.3 Å². The van der Waals surface area contributed by atoms with Crippen molar-refractivity contribution in [3.63, 3.8) is 0 Å². The molecule has 100 valence electrons. The molecule has 0 aliphatic carbocycles. The molecule has 1 atom stereocenters. The maximum absolute atomic E-state index is 3.58. The summed E-state index contributed by atoms with van der Waals surface area (Å²) in [5.41, 5.74) is 5.00. The molecule has 0 amide bonds. The second-order valence-electron chi connectivity index (χ2n) is 4.88. The minimum absolute atomic E-state index is 0.258. The lowest BCUT2D eigenvalue weighted by Crippen LogP contribution is -2.08. The van der Waals surface area contributed by atoms with E-state index in [-0.39, 0.29) is 6.04 Å². The first-order valence-electron chi connectivity index (χ1n) is 6.26. The molecule has 0 spiro atoms. The van der Waals surface area contributed by atoms with Gasteiger partial charge in [-0.3, -0.25) is 0 Å². The first-order chi connectivity index (χ1) is 8.97. The largest absolute Gasteiger partial charge is 0.377 e. The quantitative estimate of drug-likeness (QED) is 0.686. The third-order valence-electron chi connectivity index (χ3n) is 3.07. The van der Waals surface area contributed by atoms with E-state index in [1.54, 1.807) is 0 Å². The molecule has 0 aliphatic rings. The summed E-state index contributed by atoms with van der Waals surface area (Å²) in [4.78, 5) is 0. The number of para-hydroxylation sites is 1. The molecule has 19 heavy (non-hydrogen) atoms. The van der Waals surface area contributed by atoms with Gasteiger partial charge in [0.25, 0.3) is 0 Å². The van der Waals surface area contributed by atoms with E-state index in [0.29, 0.717) is 0 Å². The van der Waals surface area contributed by atoms with E-state index >= 15 is 0 Å². The van der Waals surface area contributed by atoms with E-state index in [2.05, 4.69) is 76.1 Å². The number of rotatable bonds is 3. The standard InChI is InChI=1S/C16H17Br2N/c1-10-7-11(2)9-13(8-10)12(3)19-16-14(17)5-4-6-15(16)18/h4-9,12,19H,1-3H3. The average Bonchev–Trinajstić information content (AvgIpc) is 2.32. The van der Waals surface area contributed by atoms with Crippen molar-refractivity contribution < 1.29 is 0 Å². The summed E-state index contributed by atoms with van der Waals surface area (Å²) in [5.74, 6) is 0. The van der Waals surface area contributed by atoms with Crippen LogP contribution in [0.15, 0.2) is 45.3 Å². The van der Waals surface area contributed by atoms with Crippen molar-refractivity contribution in [2.75, 3.05) is 5.32 Å². The second kappa shape index (κ2) is 6.10. The van der Waals surface area contributed by atoms with Crippen LogP contribution >= 0.6 is 31.9 Å². The summed E-state index contributed by atoms with van der Waals surface area (Å²) in [6.45, 7) is 6.45. The maximum Gasteiger partial charge on any atom is 0.0633 e. The van der Waals surface area contributed by atoms with Gasteiger partial charge in [0.1, 0.15) is 0 Å². The first-order valence-corrected chi connectivity index (χ1v) is 7.84. The average molecular weight is 383 g/mol. The molecule has 2 aromatic rings. The minimum Gasteiger partial charge on any atom is -0.377 e. The highest BCUT2D eigenvalue weighted by atomic mass is 79.9. The molecule has 1 unspecified atom stereocenters. The normalized spacial score (nSPS) is 12.3. The Morgan fingerprint density at radius 1 is 0.947 bits per heavy atom. The molecule has 1 nitrogen and oxygen atoms in total. The Labute approximate surface area is 131 Å². The van der Waals surface area contributed by atoms with Gasteiger partial charge >= 0.3 is 0 Å². The van der Waals surface area contributed by atoms with Crippen molar-refractivity contribution >= 4 is 37.5 Å². The number of aryl methyl sites for hydroxylation is 2. The molecule has 0 aliphatic heterocycles. The SMILES string of the molecule is Cc1cc(C)cc(C(C)Nc2c(Br)cccc2Br)c1. The lowest BCUT2D eigenvalue weighted by molar-refractivity contribution is 0.878. The predicted molar refractivity (Wildman–Crippen MR) is 89.8 cm³/mol. The van der Waals surface area contributed by atoms with Crippen molar-refractivity contribution in [1.29, 1.82) is 0 Å². The molecular formula is C16H17Br2N. The van der Waals surface area contributed by atoms with E-state index in [9.17, 15) is 0 Å². The molecule has 0 aromatic heterocycles. The molecule has 0 heterocycles. The zero-order valence-electron chi connectivity index (χ0n) is 11.3. The molecule has 0 radical (unpaired) electrons. The van der Waals surface area contributed by atoms with Crippen LogP contribution in [0.2, 0.25) is 0 Å². The van der Waals surface area contributed by atoms with Gasteiger partial charge in [0.05, 0.1) is 5.69 Å². The van der Waals surface area contributed by atoms with Gasteiger partial charge in [-0.2, -0.15) is 0 Å². The summed E-state index contributed by atoms with van der Waals surface area (Å²) in [6.07, 6.45) is 0. The first kappa shape index (κ1) is 14.6. The molecule has 0 saturated heterocycles. The number of halogens is 2. The van der Waals surface area contributed by atoms with Crippen molar-refractivity contribution in [2.45, 2.75) is 26.8 Å². The molecule has 0 fully saturated rings. The Balaban J connectivity index is 2.28. The predicted octanol–water partition coefficient (Wildman–Crippen LogP) is 6.00. The summed E-state index contributed by atoms with van der Waals surface area (Å²) < 4.78 is 2.14. The van der Waals surface area contributed by atoms with Crippen molar-refractivity contribution in [2.24, 2.45) is 0 Å². The smallest absolute Gasteiger partial charge is 0.0633 e. The number of nitrogens with one attached hydrogen (secondary N) is 1. The van der Waals surface area contributed by atoms with Gasteiger partial charge in [0, 0.05) is 15.0 Å².